The second-order valence-corrected chi connectivity index (χ2v) is 7.45. The molecule has 3 aromatic rings. The lowest BCUT2D eigenvalue weighted by atomic mass is 9.98. The van der Waals surface area contributed by atoms with E-state index in [2.05, 4.69) is 48.5 Å². The van der Waals surface area contributed by atoms with E-state index in [9.17, 15) is 0 Å². The minimum Gasteiger partial charge on any atom is -0.491 e. The second kappa shape index (κ2) is 7.82. The molecule has 2 aliphatic rings. The number of benzene rings is 3. The fourth-order valence-corrected chi connectivity index (χ4v) is 3.41. The van der Waals surface area contributed by atoms with E-state index in [0.29, 0.717) is 13.2 Å². The first-order valence-corrected chi connectivity index (χ1v) is 9.93. The third-order valence-electron chi connectivity index (χ3n) is 5.25. The minimum absolute atomic E-state index is 0.266. The summed E-state index contributed by atoms with van der Waals surface area (Å²) in [6, 6.07) is 21.2. The van der Waals surface area contributed by atoms with Gasteiger partial charge in [0.1, 0.15) is 36.9 Å². The third-order valence-corrected chi connectivity index (χ3v) is 5.25. The molecule has 2 saturated heterocycles. The average molecular weight is 376 g/mol. The Balaban J connectivity index is 1.26. The Morgan fingerprint density at radius 1 is 0.714 bits per heavy atom. The lowest BCUT2D eigenvalue weighted by Crippen LogP contribution is -2.05. The Morgan fingerprint density at radius 3 is 2.11 bits per heavy atom. The van der Waals surface area contributed by atoms with Crippen molar-refractivity contribution in [2.75, 3.05) is 26.4 Å². The van der Waals surface area contributed by atoms with Crippen molar-refractivity contribution in [1.29, 1.82) is 0 Å². The second-order valence-electron chi connectivity index (χ2n) is 7.45. The zero-order chi connectivity index (χ0) is 18.8. The van der Waals surface area contributed by atoms with Crippen LogP contribution in [0, 0.1) is 0 Å². The summed E-state index contributed by atoms with van der Waals surface area (Å²) < 4.78 is 22.1. The first-order chi connectivity index (χ1) is 13.8. The summed E-state index contributed by atoms with van der Waals surface area (Å²) in [7, 11) is 0. The van der Waals surface area contributed by atoms with E-state index in [1.54, 1.807) is 0 Å². The van der Waals surface area contributed by atoms with Crippen molar-refractivity contribution >= 4 is 10.8 Å². The number of aryl methyl sites for hydroxylation is 2. The van der Waals surface area contributed by atoms with Crippen LogP contribution in [0.5, 0.6) is 11.5 Å². The summed E-state index contributed by atoms with van der Waals surface area (Å²) in [6.07, 6.45) is 2.54. The maximum Gasteiger partial charge on any atom is 0.127 e. The maximum absolute atomic E-state index is 5.97. The number of hydrogen-bond acceptors (Lipinski definition) is 4. The molecule has 3 aromatic carbocycles. The van der Waals surface area contributed by atoms with Crippen LogP contribution < -0.4 is 9.47 Å². The van der Waals surface area contributed by atoms with Crippen LogP contribution in [0.1, 0.15) is 11.1 Å². The predicted octanol–water partition coefficient (Wildman–Crippen LogP) is 4.18. The molecule has 2 atom stereocenters. The normalized spacial score (nSPS) is 20.1. The van der Waals surface area contributed by atoms with Gasteiger partial charge in [-0.3, -0.25) is 0 Å². The predicted molar refractivity (Wildman–Crippen MR) is 108 cm³/mol. The Morgan fingerprint density at radius 2 is 1.39 bits per heavy atom. The molecule has 2 fully saturated rings. The number of fused-ring (bicyclic) bond motifs is 1. The highest BCUT2D eigenvalue weighted by Crippen LogP contribution is 2.30. The molecule has 0 bridgehead atoms. The van der Waals surface area contributed by atoms with Crippen molar-refractivity contribution in [3.8, 4) is 11.5 Å². The molecule has 2 aliphatic heterocycles. The van der Waals surface area contributed by atoms with Gasteiger partial charge in [-0.05, 0) is 47.6 Å². The zero-order valence-electron chi connectivity index (χ0n) is 15.8. The molecular weight excluding hydrogens is 352 g/mol. The summed E-state index contributed by atoms with van der Waals surface area (Å²) in [5.41, 5.74) is 2.65. The van der Waals surface area contributed by atoms with Gasteiger partial charge in [0, 0.05) is 5.39 Å². The minimum atomic E-state index is 0.266. The molecule has 144 valence electrons. The molecule has 0 aliphatic carbocycles. The van der Waals surface area contributed by atoms with Crippen molar-refractivity contribution in [1.82, 2.24) is 0 Å². The van der Waals surface area contributed by atoms with Gasteiger partial charge in [-0.2, -0.15) is 0 Å². The Kier molecular flexibility index (Phi) is 4.90. The van der Waals surface area contributed by atoms with E-state index in [1.807, 2.05) is 12.1 Å². The molecule has 5 rings (SSSR count). The van der Waals surface area contributed by atoms with E-state index >= 15 is 0 Å². The first kappa shape index (κ1) is 17.5. The quantitative estimate of drug-likeness (QED) is 0.526. The molecule has 28 heavy (non-hydrogen) atoms. The van der Waals surface area contributed by atoms with Gasteiger partial charge in [-0.1, -0.05) is 42.5 Å². The topological polar surface area (TPSA) is 43.5 Å². The van der Waals surface area contributed by atoms with Crippen molar-refractivity contribution in [3.05, 3.63) is 71.8 Å². The standard InChI is InChI=1S/C24H24O4/c1-2-4-23-22(3-1)18(9-12-24(23)28-16-21-15-27-21)8-5-17-6-10-19(11-7-17)25-13-20-14-26-20/h1-4,6-7,9-12,20-21H,5,8,13-16H2. The van der Waals surface area contributed by atoms with Gasteiger partial charge in [0.15, 0.2) is 0 Å². The van der Waals surface area contributed by atoms with Gasteiger partial charge in [0.05, 0.1) is 13.2 Å². The van der Waals surface area contributed by atoms with Gasteiger partial charge in [-0.25, -0.2) is 0 Å². The molecule has 0 aromatic heterocycles. The van der Waals surface area contributed by atoms with Crippen LogP contribution in [-0.2, 0) is 22.3 Å². The zero-order valence-corrected chi connectivity index (χ0v) is 15.8. The van der Waals surface area contributed by atoms with Crippen LogP contribution in [0.15, 0.2) is 60.7 Å². The fraction of sp³-hybridized carbons (Fsp3) is 0.333. The number of ether oxygens (including phenoxy) is 4. The highest BCUT2D eigenvalue weighted by molar-refractivity contribution is 5.91. The largest absolute Gasteiger partial charge is 0.491 e. The average Bonchev–Trinajstić information content (AvgIpc) is 3.65. The number of hydrogen-bond donors (Lipinski definition) is 0. The molecule has 0 saturated carbocycles. The molecule has 0 spiro atoms. The fourth-order valence-electron chi connectivity index (χ4n) is 3.41. The van der Waals surface area contributed by atoms with Crippen LogP contribution in [0.25, 0.3) is 10.8 Å². The summed E-state index contributed by atoms with van der Waals surface area (Å²) >= 11 is 0. The van der Waals surface area contributed by atoms with Crippen LogP contribution >= 0.6 is 0 Å². The van der Waals surface area contributed by atoms with Gasteiger partial charge in [0.25, 0.3) is 0 Å². The molecule has 0 amide bonds. The van der Waals surface area contributed by atoms with Crippen molar-refractivity contribution in [3.63, 3.8) is 0 Å². The summed E-state index contributed by atoms with van der Waals surface area (Å²) in [5, 5.41) is 2.44. The first-order valence-electron chi connectivity index (χ1n) is 9.93. The van der Waals surface area contributed by atoms with Crippen LogP contribution in [0.4, 0.5) is 0 Å². The van der Waals surface area contributed by atoms with E-state index in [0.717, 1.165) is 37.6 Å². The van der Waals surface area contributed by atoms with Crippen molar-refractivity contribution in [2.45, 2.75) is 25.0 Å². The summed E-state index contributed by atoms with van der Waals surface area (Å²) in [4.78, 5) is 0. The Bertz CT molecular complexity index is 942. The lowest BCUT2D eigenvalue weighted by molar-refractivity contribution is 0.263. The van der Waals surface area contributed by atoms with E-state index in [-0.39, 0.29) is 12.2 Å². The number of epoxide rings is 2. The molecule has 4 heteroatoms. The smallest absolute Gasteiger partial charge is 0.127 e. The maximum atomic E-state index is 5.97. The van der Waals surface area contributed by atoms with Gasteiger partial charge >= 0.3 is 0 Å². The van der Waals surface area contributed by atoms with E-state index in [1.165, 1.54) is 21.9 Å². The van der Waals surface area contributed by atoms with E-state index < -0.39 is 0 Å². The monoisotopic (exact) mass is 376 g/mol. The SMILES string of the molecule is c1ccc2c(OCC3CO3)ccc(CCc3ccc(OCC4CO4)cc3)c2c1. The van der Waals surface area contributed by atoms with Crippen molar-refractivity contribution < 1.29 is 18.9 Å². The molecular formula is C24H24O4. The van der Waals surface area contributed by atoms with Crippen LogP contribution in [0.2, 0.25) is 0 Å². The van der Waals surface area contributed by atoms with Crippen LogP contribution in [-0.4, -0.2) is 38.6 Å². The summed E-state index contributed by atoms with van der Waals surface area (Å²) in [5.74, 6) is 1.85. The molecule has 4 nitrogen and oxygen atoms in total. The van der Waals surface area contributed by atoms with Crippen molar-refractivity contribution in [2.24, 2.45) is 0 Å². The molecule has 2 heterocycles. The van der Waals surface area contributed by atoms with Gasteiger partial charge in [-0.15, -0.1) is 0 Å². The summed E-state index contributed by atoms with van der Waals surface area (Å²) in [6.45, 7) is 2.91. The Labute approximate surface area is 165 Å². The highest BCUT2D eigenvalue weighted by Gasteiger charge is 2.24. The molecule has 0 N–H and O–H groups in total. The molecule has 0 radical (unpaired) electrons. The van der Waals surface area contributed by atoms with Gasteiger partial charge < -0.3 is 18.9 Å². The number of rotatable bonds is 9. The van der Waals surface area contributed by atoms with Crippen LogP contribution in [0.3, 0.4) is 0 Å². The highest BCUT2D eigenvalue weighted by atomic mass is 16.6. The van der Waals surface area contributed by atoms with E-state index in [4.69, 9.17) is 18.9 Å². The lowest BCUT2D eigenvalue weighted by Gasteiger charge is -2.12. The third kappa shape index (κ3) is 4.29. The van der Waals surface area contributed by atoms with Gasteiger partial charge in [0.2, 0.25) is 0 Å². The Hall–Kier alpha value is -2.56. The molecule has 2 unspecified atom stereocenters.